The number of nitrogens with one attached hydrogen (secondary N) is 2. The first kappa shape index (κ1) is 16.7. The zero-order valence-electron chi connectivity index (χ0n) is 13.5. The fourth-order valence-corrected chi connectivity index (χ4v) is 2.37. The van der Waals surface area contributed by atoms with Crippen LogP contribution in [0.4, 0.5) is 0 Å². The van der Waals surface area contributed by atoms with E-state index >= 15 is 0 Å². The predicted octanol–water partition coefficient (Wildman–Crippen LogP) is 2.53. The summed E-state index contributed by atoms with van der Waals surface area (Å²) in [5.74, 6) is -0.350. The molecule has 2 amide bonds. The molecule has 0 saturated heterocycles. The molecule has 4 heteroatoms. The number of amides is 2. The molecular weight excluding hydrogens is 288 g/mol. The summed E-state index contributed by atoms with van der Waals surface area (Å²) in [5, 5.41) is 5.53. The fraction of sp³-hybridized carbons (Fsp3) is 0.263. The van der Waals surface area contributed by atoms with Crippen molar-refractivity contribution in [3.63, 3.8) is 0 Å². The molecule has 0 heterocycles. The summed E-state index contributed by atoms with van der Waals surface area (Å²) in [4.78, 5) is 23.8. The highest BCUT2D eigenvalue weighted by Gasteiger charge is 2.10. The molecule has 120 valence electrons. The van der Waals surface area contributed by atoms with Gasteiger partial charge in [-0.2, -0.15) is 0 Å². The van der Waals surface area contributed by atoms with Crippen molar-refractivity contribution in [2.45, 2.75) is 26.3 Å². The van der Waals surface area contributed by atoms with Gasteiger partial charge in [0.1, 0.15) is 0 Å². The highest BCUT2D eigenvalue weighted by Crippen LogP contribution is 2.10. The average molecular weight is 310 g/mol. The summed E-state index contributed by atoms with van der Waals surface area (Å²) in [6.07, 6.45) is 0.281. The molecule has 2 N–H and O–H groups in total. The maximum absolute atomic E-state index is 11.9. The topological polar surface area (TPSA) is 58.2 Å². The number of hydrogen-bond donors (Lipinski definition) is 2. The number of aryl methyl sites for hydroxylation is 1. The molecule has 1 unspecified atom stereocenters. The summed E-state index contributed by atoms with van der Waals surface area (Å²) in [7, 11) is 0. The molecule has 0 radical (unpaired) electrons. The third-order valence-electron chi connectivity index (χ3n) is 3.57. The van der Waals surface area contributed by atoms with Gasteiger partial charge in [-0.1, -0.05) is 60.2 Å². The molecule has 1 atom stereocenters. The van der Waals surface area contributed by atoms with Crippen molar-refractivity contribution in [2.75, 3.05) is 6.54 Å². The molecule has 23 heavy (non-hydrogen) atoms. The van der Waals surface area contributed by atoms with Gasteiger partial charge in [0.05, 0.1) is 19.0 Å². The van der Waals surface area contributed by atoms with Crippen molar-refractivity contribution in [3.05, 3.63) is 71.3 Å². The first-order valence-corrected chi connectivity index (χ1v) is 7.71. The van der Waals surface area contributed by atoms with Crippen LogP contribution in [0.15, 0.2) is 54.6 Å². The second kappa shape index (κ2) is 8.13. The van der Waals surface area contributed by atoms with Gasteiger partial charge in [-0.3, -0.25) is 9.59 Å². The number of carbonyl (C=O) groups excluding carboxylic acids is 2. The van der Waals surface area contributed by atoms with Gasteiger partial charge in [-0.05, 0) is 25.0 Å². The van der Waals surface area contributed by atoms with Crippen LogP contribution in [-0.2, 0) is 16.0 Å². The van der Waals surface area contributed by atoms with Gasteiger partial charge >= 0.3 is 0 Å². The Morgan fingerprint density at radius 3 is 2.43 bits per heavy atom. The van der Waals surface area contributed by atoms with Crippen LogP contribution in [0.25, 0.3) is 0 Å². The maximum Gasteiger partial charge on any atom is 0.239 e. The van der Waals surface area contributed by atoms with Crippen LogP contribution in [0.1, 0.15) is 29.7 Å². The van der Waals surface area contributed by atoms with Crippen molar-refractivity contribution in [1.29, 1.82) is 0 Å². The summed E-state index contributed by atoms with van der Waals surface area (Å²) in [6, 6.07) is 17.4. The van der Waals surface area contributed by atoms with Crippen LogP contribution in [0.2, 0.25) is 0 Å². The third-order valence-corrected chi connectivity index (χ3v) is 3.57. The van der Waals surface area contributed by atoms with Crippen LogP contribution < -0.4 is 10.6 Å². The second-order valence-corrected chi connectivity index (χ2v) is 5.64. The lowest BCUT2D eigenvalue weighted by atomic mass is 10.1. The zero-order chi connectivity index (χ0) is 16.7. The van der Waals surface area contributed by atoms with Gasteiger partial charge in [0.2, 0.25) is 11.8 Å². The van der Waals surface area contributed by atoms with E-state index in [1.54, 1.807) is 0 Å². The fourth-order valence-electron chi connectivity index (χ4n) is 2.37. The molecule has 0 aliphatic carbocycles. The molecule has 0 aliphatic rings. The van der Waals surface area contributed by atoms with Gasteiger partial charge in [0, 0.05) is 0 Å². The Labute approximate surface area is 136 Å². The molecule has 0 spiro atoms. The molecular formula is C19H22N2O2. The molecule has 2 rings (SSSR count). The minimum atomic E-state index is -0.195. The summed E-state index contributed by atoms with van der Waals surface area (Å²) in [6.45, 7) is 3.89. The molecule has 0 aliphatic heterocycles. The summed E-state index contributed by atoms with van der Waals surface area (Å²) < 4.78 is 0. The highest BCUT2D eigenvalue weighted by molar-refractivity contribution is 5.85. The molecule has 2 aromatic rings. The minimum absolute atomic E-state index is 0.0121. The van der Waals surface area contributed by atoms with Crippen molar-refractivity contribution in [2.24, 2.45) is 0 Å². The minimum Gasteiger partial charge on any atom is -0.348 e. The number of carbonyl (C=O) groups is 2. The van der Waals surface area contributed by atoms with Crippen molar-refractivity contribution in [3.8, 4) is 0 Å². The first-order valence-electron chi connectivity index (χ1n) is 7.71. The molecule has 0 bridgehead atoms. The summed E-state index contributed by atoms with van der Waals surface area (Å²) >= 11 is 0. The van der Waals surface area contributed by atoms with E-state index in [4.69, 9.17) is 0 Å². The third kappa shape index (κ3) is 5.58. The van der Waals surface area contributed by atoms with E-state index in [0.717, 1.165) is 16.7 Å². The Balaban J connectivity index is 1.76. The van der Waals surface area contributed by atoms with Crippen molar-refractivity contribution >= 4 is 11.8 Å². The Kier molecular flexibility index (Phi) is 5.92. The zero-order valence-corrected chi connectivity index (χ0v) is 13.5. The Hall–Kier alpha value is -2.62. The second-order valence-electron chi connectivity index (χ2n) is 5.64. The Bertz CT molecular complexity index is 668. The van der Waals surface area contributed by atoms with E-state index in [9.17, 15) is 9.59 Å². The molecule has 0 fully saturated rings. The van der Waals surface area contributed by atoms with E-state index < -0.39 is 0 Å². The van der Waals surface area contributed by atoms with E-state index in [-0.39, 0.29) is 30.8 Å². The molecule has 0 aromatic heterocycles. The normalized spacial score (nSPS) is 11.6. The van der Waals surface area contributed by atoms with E-state index in [1.165, 1.54) is 0 Å². The lowest BCUT2D eigenvalue weighted by molar-refractivity contribution is -0.126. The van der Waals surface area contributed by atoms with Gasteiger partial charge < -0.3 is 10.6 Å². The summed E-state index contributed by atoms with van der Waals surface area (Å²) in [5.41, 5.74) is 3.09. The monoisotopic (exact) mass is 310 g/mol. The Morgan fingerprint density at radius 2 is 1.74 bits per heavy atom. The number of hydrogen-bond acceptors (Lipinski definition) is 2. The van der Waals surface area contributed by atoms with Crippen LogP contribution in [0, 0.1) is 6.92 Å². The molecule has 0 saturated carbocycles. The van der Waals surface area contributed by atoms with Crippen LogP contribution >= 0.6 is 0 Å². The van der Waals surface area contributed by atoms with Gasteiger partial charge in [-0.15, -0.1) is 0 Å². The van der Waals surface area contributed by atoms with Crippen molar-refractivity contribution in [1.82, 2.24) is 10.6 Å². The largest absolute Gasteiger partial charge is 0.348 e. The van der Waals surface area contributed by atoms with Crippen LogP contribution in [-0.4, -0.2) is 18.4 Å². The quantitative estimate of drug-likeness (QED) is 0.861. The number of rotatable bonds is 6. The van der Waals surface area contributed by atoms with E-state index in [2.05, 4.69) is 10.6 Å². The van der Waals surface area contributed by atoms with Crippen molar-refractivity contribution < 1.29 is 9.59 Å². The number of benzene rings is 2. The lowest BCUT2D eigenvalue weighted by Gasteiger charge is -2.14. The lowest BCUT2D eigenvalue weighted by Crippen LogP contribution is -2.38. The van der Waals surface area contributed by atoms with Gasteiger partial charge in [-0.25, -0.2) is 0 Å². The molecule has 2 aromatic carbocycles. The maximum atomic E-state index is 11.9. The molecule has 4 nitrogen and oxygen atoms in total. The van der Waals surface area contributed by atoms with E-state index in [0.29, 0.717) is 0 Å². The van der Waals surface area contributed by atoms with Crippen LogP contribution in [0.5, 0.6) is 0 Å². The predicted molar refractivity (Wildman–Crippen MR) is 90.9 cm³/mol. The Morgan fingerprint density at radius 1 is 1.00 bits per heavy atom. The standard InChI is InChI=1S/C19H22N2O2/c1-14-7-6-8-16(11-14)12-18(22)20-13-19(23)21-15(2)17-9-4-3-5-10-17/h3-11,15H,12-13H2,1-2H3,(H,20,22)(H,21,23). The van der Waals surface area contributed by atoms with E-state index in [1.807, 2.05) is 68.4 Å². The average Bonchev–Trinajstić information content (AvgIpc) is 2.54. The highest BCUT2D eigenvalue weighted by atomic mass is 16.2. The van der Waals surface area contributed by atoms with Gasteiger partial charge in [0.25, 0.3) is 0 Å². The van der Waals surface area contributed by atoms with Gasteiger partial charge in [0.15, 0.2) is 0 Å². The van der Waals surface area contributed by atoms with Crippen LogP contribution in [0.3, 0.4) is 0 Å². The SMILES string of the molecule is Cc1cccc(CC(=O)NCC(=O)NC(C)c2ccccc2)c1. The first-order chi connectivity index (χ1) is 11.0. The smallest absolute Gasteiger partial charge is 0.239 e.